The zero-order chi connectivity index (χ0) is 27.2. The van der Waals surface area contributed by atoms with Crippen molar-refractivity contribution in [3.63, 3.8) is 0 Å². The van der Waals surface area contributed by atoms with E-state index in [4.69, 9.17) is 25.2 Å². The topological polar surface area (TPSA) is 108 Å². The number of para-hydroxylation sites is 1. The van der Waals surface area contributed by atoms with Gasteiger partial charge in [0.1, 0.15) is 23.0 Å². The van der Waals surface area contributed by atoms with Gasteiger partial charge in [-0.25, -0.2) is 9.37 Å². The number of carbonyl (C=O) groups is 1. The molecule has 0 saturated carbocycles. The Morgan fingerprint density at radius 3 is 2.89 bits per heavy atom. The minimum absolute atomic E-state index is 0.0323. The third-order valence-electron chi connectivity index (χ3n) is 5.87. The molecule has 0 spiro atoms. The molecule has 4 aromatic rings. The van der Waals surface area contributed by atoms with Gasteiger partial charge >= 0.3 is 0 Å². The first-order valence-electron chi connectivity index (χ1n) is 12.1. The number of rotatable bonds is 6. The van der Waals surface area contributed by atoms with Gasteiger partial charge < -0.3 is 30.2 Å². The molecule has 2 aromatic carbocycles. The number of benzene rings is 2. The van der Waals surface area contributed by atoms with Crippen LogP contribution in [0, 0.1) is 5.82 Å². The highest BCUT2D eigenvalue weighted by Crippen LogP contribution is 2.42. The largest absolute Gasteiger partial charge is 0.454 e. The first-order valence-corrected chi connectivity index (χ1v) is 11.0. The van der Waals surface area contributed by atoms with E-state index in [0.29, 0.717) is 33.5 Å². The lowest BCUT2D eigenvalue weighted by Crippen LogP contribution is -2.53. The number of H-pyrrole nitrogens is 1. The minimum Gasteiger partial charge on any atom is -0.454 e. The lowest BCUT2D eigenvalue weighted by atomic mass is 9.95. The van der Waals surface area contributed by atoms with E-state index >= 15 is 0 Å². The van der Waals surface area contributed by atoms with E-state index < -0.39 is 37.0 Å². The summed E-state index contributed by atoms with van der Waals surface area (Å²) in [7, 11) is -2.69. The number of aromatic amines is 1. The van der Waals surface area contributed by atoms with Gasteiger partial charge in [-0.15, -0.1) is 0 Å². The molecule has 35 heavy (non-hydrogen) atoms. The van der Waals surface area contributed by atoms with Crippen LogP contribution in [0.1, 0.15) is 28.3 Å². The summed E-state index contributed by atoms with van der Waals surface area (Å²) in [5.74, 6) is -0.713. The van der Waals surface area contributed by atoms with Crippen molar-refractivity contribution in [2.45, 2.75) is 18.6 Å². The fraction of sp³-hybridized carbons (Fsp3) is 0.200. The number of anilines is 2. The smallest absolute Gasteiger partial charge is 0.252 e. The Morgan fingerprint density at radius 2 is 2.11 bits per heavy atom. The number of aliphatic hydroxyl groups excluding tert-OH is 1. The second kappa shape index (κ2) is 8.84. The molecule has 2 aromatic heterocycles. The molecule has 0 aliphatic carbocycles. The third kappa shape index (κ3) is 4.07. The molecule has 5 rings (SSSR count). The van der Waals surface area contributed by atoms with Gasteiger partial charge in [0.25, 0.3) is 5.91 Å². The molecule has 1 aliphatic heterocycles. The molecule has 3 heterocycles. The van der Waals surface area contributed by atoms with Crippen molar-refractivity contribution in [3.8, 4) is 11.5 Å². The summed E-state index contributed by atoms with van der Waals surface area (Å²) in [5, 5.41) is 17.8. The monoisotopic (exact) mass is 499 g/mol. The fourth-order valence-electron chi connectivity index (χ4n) is 4.01. The molecule has 4 N–H and O–H groups in total. The molecule has 2 atom stereocenters. The molecule has 10 heteroatoms. The van der Waals surface area contributed by atoms with Crippen LogP contribution in [0.25, 0.3) is 11.0 Å². The normalized spacial score (nSPS) is 19.7. The molecular weight excluding hydrogens is 475 g/mol. The van der Waals surface area contributed by atoms with Crippen LogP contribution in [0.4, 0.5) is 15.8 Å². The van der Waals surface area contributed by atoms with E-state index in [1.165, 1.54) is 31.3 Å². The van der Waals surface area contributed by atoms with Gasteiger partial charge in [0, 0.05) is 24.4 Å². The average molecular weight is 500 g/mol. The Balaban J connectivity index is 1.48. The number of nitrogens with zero attached hydrogens (tertiary/aromatic N) is 1. The number of hydrogen-bond donors (Lipinski definition) is 4. The van der Waals surface area contributed by atoms with E-state index in [-0.39, 0.29) is 16.5 Å². The summed E-state index contributed by atoms with van der Waals surface area (Å²) >= 11 is 6.49. The number of ether oxygens (including phenoxy) is 2. The Labute approximate surface area is 209 Å². The van der Waals surface area contributed by atoms with E-state index in [9.17, 15) is 14.3 Å². The summed E-state index contributed by atoms with van der Waals surface area (Å²) < 4.78 is 46.4. The van der Waals surface area contributed by atoms with Gasteiger partial charge in [-0.2, -0.15) is 0 Å². The number of nitrogens with one attached hydrogen (secondary N) is 3. The molecule has 1 aliphatic rings. The Bertz CT molecular complexity index is 1550. The highest BCUT2D eigenvalue weighted by Gasteiger charge is 2.39. The van der Waals surface area contributed by atoms with Gasteiger partial charge in [-0.1, -0.05) is 29.8 Å². The Morgan fingerprint density at radius 1 is 1.29 bits per heavy atom. The van der Waals surface area contributed by atoms with Crippen LogP contribution in [0.2, 0.25) is 5.02 Å². The second-order valence-electron chi connectivity index (χ2n) is 8.33. The van der Waals surface area contributed by atoms with Crippen LogP contribution in [0.3, 0.4) is 0 Å². The zero-order valence-electron chi connectivity index (χ0n) is 21.4. The second-order valence-corrected chi connectivity index (χ2v) is 8.74. The van der Waals surface area contributed by atoms with Crippen LogP contribution < -0.4 is 15.4 Å². The summed E-state index contributed by atoms with van der Waals surface area (Å²) in [6.45, 7) is 1.08. The fourth-order valence-corrected chi connectivity index (χ4v) is 4.29. The summed E-state index contributed by atoms with van der Waals surface area (Å²) in [4.78, 5) is 20.1. The average Bonchev–Trinajstić information content (AvgIpc) is 3.29. The lowest BCUT2D eigenvalue weighted by Gasteiger charge is -2.35. The van der Waals surface area contributed by atoms with E-state index in [1.807, 2.05) is 0 Å². The number of fused-ring (bicyclic) bond motifs is 3. The lowest BCUT2D eigenvalue weighted by molar-refractivity contribution is -0.121. The van der Waals surface area contributed by atoms with Gasteiger partial charge in [-0.05, 0) is 31.2 Å². The van der Waals surface area contributed by atoms with Gasteiger partial charge in [0.05, 0.1) is 38.7 Å². The maximum Gasteiger partial charge on any atom is 0.252 e. The quantitative estimate of drug-likeness (QED) is 0.297. The van der Waals surface area contributed by atoms with Crippen LogP contribution >= 0.6 is 11.6 Å². The molecule has 0 saturated heterocycles. The van der Waals surface area contributed by atoms with Crippen molar-refractivity contribution < 1.29 is 27.9 Å². The Hall–Kier alpha value is -3.66. The number of halogens is 2. The highest BCUT2D eigenvalue weighted by atomic mass is 35.5. The molecule has 1 amide bonds. The van der Waals surface area contributed by atoms with Crippen molar-refractivity contribution in [3.05, 3.63) is 76.8 Å². The van der Waals surface area contributed by atoms with Crippen molar-refractivity contribution >= 4 is 39.9 Å². The molecule has 0 radical (unpaired) electrons. The molecule has 0 bridgehead atoms. The summed E-state index contributed by atoms with van der Waals surface area (Å²) in [6.07, 6.45) is 1.79. The van der Waals surface area contributed by atoms with Gasteiger partial charge in [0.15, 0.2) is 11.6 Å². The first kappa shape index (κ1) is 19.6. The predicted octanol–water partition coefficient (Wildman–Crippen LogP) is 5.00. The van der Waals surface area contributed by atoms with Gasteiger partial charge in [-0.3, -0.25) is 4.79 Å². The molecule has 0 fully saturated rings. The Kier molecular flexibility index (Phi) is 4.96. The number of pyridine rings is 1. The van der Waals surface area contributed by atoms with Crippen molar-refractivity contribution in [1.82, 2.24) is 9.97 Å². The van der Waals surface area contributed by atoms with Gasteiger partial charge in [0.2, 0.25) is 0 Å². The van der Waals surface area contributed by atoms with Crippen LogP contribution in [0.5, 0.6) is 11.5 Å². The summed E-state index contributed by atoms with van der Waals surface area (Å²) in [5.41, 5.74) is 0.518. The molecule has 180 valence electrons. The van der Waals surface area contributed by atoms with Crippen molar-refractivity contribution in [2.24, 2.45) is 0 Å². The predicted molar refractivity (Wildman–Crippen MR) is 131 cm³/mol. The number of carbonyl (C=O) groups excluding carboxylic acids is 1. The molecular formula is C25H22ClFN4O4. The van der Waals surface area contributed by atoms with Crippen LogP contribution in [0.15, 0.2) is 54.9 Å². The zero-order valence-corrected chi connectivity index (χ0v) is 19.1. The van der Waals surface area contributed by atoms with E-state index in [2.05, 4.69) is 20.6 Å². The number of aliphatic hydroxyl groups is 1. The highest BCUT2D eigenvalue weighted by molar-refractivity contribution is 6.31. The number of methoxy groups -OCH3 is 1. The summed E-state index contributed by atoms with van der Waals surface area (Å²) in [6, 6.07) is 10.5. The minimum atomic E-state index is -2.69. The number of hydrogen-bond acceptors (Lipinski definition) is 6. The SMILES string of the molecule is [2H]C([2H])([2H])OC[C@]1(C)Nc2c(cnc3[nH]cc(C(O)c4ccc(Oc5ccccc5F)cc4Cl)c23)NC1=O. The van der Waals surface area contributed by atoms with Crippen LogP contribution in [-0.4, -0.2) is 40.2 Å². The van der Waals surface area contributed by atoms with Crippen molar-refractivity contribution in [2.75, 3.05) is 24.3 Å². The standard InChI is InChI=1S/C25H22ClFN4O4/c1-25(12-34-2)24(33)30-18-11-29-23-20(21(18)31-25)15(10-28-23)22(32)14-8-7-13(9-16(14)26)35-19-6-4-3-5-17(19)27/h3-11,22,31-32H,12H2,1-2H3,(H,28,29)(H,30,33)/t22?,25-/m0/s1/i2D3. The molecule has 1 unspecified atom stereocenters. The van der Waals surface area contributed by atoms with E-state index in [0.717, 1.165) is 0 Å². The molecule has 8 nitrogen and oxygen atoms in total. The first-order chi connectivity index (χ1) is 17.9. The third-order valence-corrected chi connectivity index (χ3v) is 6.20. The van der Waals surface area contributed by atoms with Crippen LogP contribution in [-0.2, 0) is 9.53 Å². The number of aromatic nitrogens is 2. The number of amides is 1. The maximum atomic E-state index is 14.0. The van der Waals surface area contributed by atoms with E-state index in [1.54, 1.807) is 30.5 Å². The van der Waals surface area contributed by atoms with Crippen molar-refractivity contribution in [1.29, 1.82) is 0 Å². The maximum absolute atomic E-state index is 14.0.